The van der Waals surface area contributed by atoms with Gasteiger partial charge < -0.3 is 10.6 Å². The van der Waals surface area contributed by atoms with Crippen molar-refractivity contribution in [1.82, 2.24) is 10.6 Å². The van der Waals surface area contributed by atoms with Gasteiger partial charge in [-0.1, -0.05) is 29.3 Å². The van der Waals surface area contributed by atoms with E-state index in [-0.39, 0.29) is 17.9 Å². The van der Waals surface area contributed by atoms with Crippen LogP contribution in [0.25, 0.3) is 6.08 Å². The van der Waals surface area contributed by atoms with E-state index in [0.717, 1.165) is 5.56 Å². The average molecular weight is 313 g/mol. The van der Waals surface area contributed by atoms with Gasteiger partial charge >= 0.3 is 0 Å². The lowest BCUT2D eigenvalue weighted by molar-refractivity contribution is -0.124. The maximum Gasteiger partial charge on any atom is 0.244 e. The molecule has 4 nitrogen and oxygen atoms in total. The average Bonchev–Trinajstić information content (AvgIpc) is 2.40. The van der Waals surface area contributed by atoms with Gasteiger partial charge in [0.25, 0.3) is 0 Å². The molecule has 106 valence electrons. The van der Waals surface area contributed by atoms with E-state index in [1.165, 1.54) is 6.08 Å². The van der Waals surface area contributed by atoms with Crippen molar-refractivity contribution < 1.29 is 9.59 Å². The van der Waals surface area contributed by atoms with Crippen molar-refractivity contribution in [3.8, 4) is 0 Å². The van der Waals surface area contributed by atoms with Crippen LogP contribution in [0, 0.1) is 0 Å². The highest BCUT2D eigenvalue weighted by molar-refractivity contribution is 6.35. The Labute approximate surface area is 127 Å². The molecule has 1 saturated heterocycles. The lowest BCUT2D eigenvalue weighted by Crippen LogP contribution is -2.47. The van der Waals surface area contributed by atoms with E-state index < -0.39 is 0 Å². The van der Waals surface area contributed by atoms with Gasteiger partial charge in [-0.05, 0) is 30.2 Å². The van der Waals surface area contributed by atoms with Gasteiger partial charge in [0, 0.05) is 35.1 Å². The minimum absolute atomic E-state index is 0.0226. The van der Waals surface area contributed by atoms with Crippen LogP contribution in [0.1, 0.15) is 18.4 Å². The fourth-order valence-corrected chi connectivity index (χ4v) is 2.38. The molecule has 0 saturated carbocycles. The summed E-state index contributed by atoms with van der Waals surface area (Å²) in [5.41, 5.74) is 0.725. The van der Waals surface area contributed by atoms with E-state index in [4.69, 9.17) is 23.2 Å². The number of rotatable bonds is 3. The number of amides is 2. The van der Waals surface area contributed by atoms with Crippen molar-refractivity contribution in [3.63, 3.8) is 0 Å². The molecule has 0 spiro atoms. The molecule has 1 heterocycles. The molecule has 20 heavy (non-hydrogen) atoms. The predicted octanol–water partition coefficient (Wildman–Crippen LogP) is 2.40. The Bertz CT molecular complexity index is 548. The fourth-order valence-electron chi connectivity index (χ4n) is 1.91. The molecule has 1 aromatic carbocycles. The van der Waals surface area contributed by atoms with Crippen LogP contribution in [0.2, 0.25) is 10.0 Å². The summed E-state index contributed by atoms with van der Waals surface area (Å²) < 4.78 is 0. The SMILES string of the molecule is O=C(C=Cc1ccc(Cl)cc1Cl)NC1CCC(=O)NC1. The molecule has 1 aliphatic heterocycles. The number of piperidine rings is 1. The number of benzene rings is 1. The molecule has 2 N–H and O–H groups in total. The van der Waals surface area contributed by atoms with Gasteiger partial charge in [-0.2, -0.15) is 0 Å². The Hall–Kier alpha value is -1.52. The number of nitrogens with one attached hydrogen (secondary N) is 2. The van der Waals surface area contributed by atoms with E-state index in [1.807, 2.05) is 0 Å². The van der Waals surface area contributed by atoms with Crippen LogP contribution >= 0.6 is 23.2 Å². The number of hydrogen-bond donors (Lipinski definition) is 2. The highest BCUT2D eigenvalue weighted by Gasteiger charge is 2.18. The monoisotopic (exact) mass is 312 g/mol. The minimum Gasteiger partial charge on any atom is -0.354 e. The normalized spacial score (nSPS) is 18.9. The van der Waals surface area contributed by atoms with E-state index in [0.29, 0.717) is 29.4 Å². The highest BCUT2D eigenvalue weighted by Crippen LogP contribution is 2.21. The molecule has 2 rings (SSSR count). The molecule has 6 heteroatoms. The van der Waals surface area contributed by atoms with Crippen LogP contribution in [-0.2, 0) is 9.59 Å². The zero-order valence-corrected chi connectivity index (χ0v) is 12.2. The second-order valence-electron chi connectivity index (χ2n) is 4.55. The van der Waals surface area contributed by atoms with E-state index >= 15 is 0 Å². The summed E-state index contributed by atoms with van der Waals surface area (Å²) in [6, 6.07) is 5.06. The maximum absolute atomic E-state index is 11.8. The first-order valence-electron chi connectivity index (χ1n) is 6.25. The van der Waals surface area contributed by atoms with Gasteiger partial charge in [0.1, 0.15) is 0 Å². The first kappa shape index (κ1) is 14.9. The van der Waals surface area contributed by atoms with Gasteiger partial charge in [0.2, 0.25) is 11.8 Å². The summed E-state index contributed by atoms with van der Waals surface area (Å²) in [6.07, 6.45) is 4.16. The van der Waals surface area contributed by atoms with Crippen molar-refractivity contribution in [3.05, 3.63) is 39.9 Å². The van der Waals surface area contributed by atoms with E-state index in [2.05, 4.69) is 10.6 Å². The maximum atomic E-state index is 11.8. The number of halogens is 2. The first-order valence-corrected chi connectivity index (χ1v) is 7.00. The van der Waals surface area contributed by atoms with Crippen LogP contribution in [0.5, 0.6) is 0 Å². The van der Waals surface area contributed by atoms with Gasteiger partial charge in [0.15, 0.2) is 0 Å². The number of hydrogen-bond acceptors (Lipinski definition) is 2. The van der Waals surface area contributed by atoms with Crippen molar-refractivity contribution in [1.29, 1.82) is 0 Å². The lowest BCUT2D eigenvalue weighted by Gasteiger charge is -2.22. The molecule has 1 aliphatic rings. The summed E-state index contributed by atoms with van der Waals surface area (Å²) in [7, 11) is 0. The summed E-state index contributed by atoms with van der Waals surface area (Å²) in [4.78, 5) is 22.8. The summed E-state index contributed by atoms with van der Waals surface area (Å²) >= 11 is 11.8. The zero-order valence-electron chi connectivity index (χ0n) is 10.7. The molecule has 0 aliphatic carbocycles. The van der Waals surface area contributed by atoms with Crippen LogP contribution in [0.15, 0.2) is 24.3 Å². The third-order valence-electron chi connectivity index (χ3n) is 2.99. The van der Waals surface area contributed by atoms with Crippen molar-refractivity contribution in [2.24, 2.45) is 0 Å². The molecular weight excluding hydrogens is 299 g/mol. The Morgan fingerprint density at radius 1 is 1.40 bits per heavy atom. The molecule has 2 amide bonds. The number of carbonyl (C=O) groups is 2. The van der Waals surface area contributed by atoms with E-state index in [1.54, 1.807) is 24.3 Å². The summed E-state index contributed by atoms with van der Waals surface area (Å²) in [5, 5.41) is 6.59. The Kier molecular flexibility index (Phi) is 5.04. The fraction of sp³-hybridized carbons (Fsp3) is 0.286. The highest BCUT2D eigenvalue weighted by atomic mass is 35.5. The molecule has 0 bridgehead atoms. The molecule has 1 unspecified atom stereocenters. The molecule has 1 aromatic rings. The Morgan fingerprint density at radius 2 is 2.20 bits per heavy atom. The van der Waals surface area contributed by atoms with Gasteiger partial charge in [-0.3, -0.25) is 9.59 Å². The quantitative estimate of drug-likeness (QED) is 0.842. The van der Waals surface area contributed by atoms with Crippen LogP contribution in [0.3, 0.4) is 0 Å². The third kappa shape index (κ3) is 4.25. The predicted molar refractivity (Wildman–Crippen MR) is 79.7 cm³/mol. The second-order valence-corrected chi connectivity index (χ2v) is 5.39. The van der Waals surface area contributed by atoms with Gasteiger partial charge in [-0.15, -0.1) is 0 Å². The molecular formula is C14H14Cl2N2O2. The first-order chi connectivity index (χ1) is 9.54. The van der Waals surface area contributed by atoms with Crippen molar-refractivity contribution in [2.75, 3.05) is 6.54 Å². The van der Waals surface area contributed by atoms with Crippen molar-refractivity contribution >= 4 is 41.1 Å². The summed E-state index contributed by atoms with van der Waals surface area (Å²) in [6.45, 7) is 0.472. The minimum atomic E-state index is -0.211. The molecule has 1 fully saturated rings. The van der Waals surface area contributed by atoms with Crippen LogP contribution in [-0.4, -0.2) is 24.4 Å². The smallest absolute Gasteiger partial charge is 0.244 e. The Balaban J connectivity index is 1.90. The van der Waals surface area contributed by atoms with Crippen molar-refractivity contribution in [2.45, 2.75) is 18.9 Å². The Morgan fingerprint density at radius 3 is 2.85 bits per heavy atom. The van der Waals surface area contributed by atoms with Gasteiger partial charge in [0.05, 0.1) is 0 Å². The lowest BCUT2D eigenvalue weighted by atomic mass is 10.1. The molecule has 0 aromatic heterocycles. The second kappa shape index (κ2) is 6.77. The van der Waals surface area contributed by atoms with Crippen LogP contribution in [0.4, 0.5) is 0 Å². The third-order valence-corrected chi connectivity index (χ3v) is 3.55. The molecule has 0 radical (unpaired) electrons. The van der Waals surface area contributed by atoms with Gasteiger partial charge in [-0.25, -0.2) is 0 Å². The topological polar surface area (TPSA) is 58.2 Å². The molecule has 1 atom stereocenters. The largest absolute Gasteiger partial charge is 0.354 e. The zero-order chi connectivity index (χ0) is 14.5. The summed E-state index contributed by atoms with van der Waals surface area (Å²) in [5.74, 6) is -0.184. The van der Waals surface area contributed by atoms with Crippen LogP contribution < -0.4 is 10.6 Å². The number of carbonyl (C=O) groups excluding carboxylic acids is 2. The van der Waals surface area contributed by atoms with E-state index in [9.17, 15) is 9.59 Å². The standard InChI is InChI=1S/C14H14Cl2N2O2/c15-10-3-1-9(12(16)7-10)2-5-14(20)18-11-4-6-13(19)17-8-11/h1-3,5,7,11H,4,6,8H2,(H,17,19)(H,18,20).